The maximum Gasteiger partial charge on any atom is 0.219 e. The van der Waals surface area contributed by atoms with Gasteiger partial charge in [-0.2, -0.15) is 0 Å². The fraction of sp³-hybridized carbons (Fsp3) is 0.150. The van der Waals surface area contributed by atoms with Gasteiger partial charge >= 0.3 is 0 Å². The first kappa shape index (κ1) is 32.1. The largest absolute Gasteiger partial charge is 0.485 e. The van der Waals surface area contributed by atoms with Gasteiger partial charge in [-0.15, -0.1) is 0 Å². The Morgan fingerprint density at radius 1 is 0.480 bits per heavy atom. The summed E-state index contributed by atoms with van der Waals surface area (Å²) in [5.41, 5.74) is 30.1. The van der Waals surface area contributed by atoms with E-state index in [1.807, 2.05) is 84.9 Å². The number of nitrogens with two attached hydrogens (primary N) is 4. The molecule has 2 aliphatic rings. The molecule has 2 aliphatic heterocycles. The van der Waals surface area contributed by atoms with Crippen molar-refractivity contribution in [1.82, 2.24) is 9.97 Å². The summed E-state index contributed by atoms with van der Waals surface area (Å²) in [5, 5.41) is 0. The molecule has 252 valence electrons. The lowest BCUT2D eigenvalue weighted by Gasteiger charge is -2.26. The molecule has 0 bridgehead atoms. The Morgan fingerprint density at radius 3 is 1.26 bits per heavy atom. The Labute approximate surface area is 290 Å². The van der Waals surface area contributed by atoms with Crippen LogP contribution in [0.3, 0.4) is 0 Å². The molecule has 0 spiro atoms. The molecular weight excluding hydrogens is 628 g/mol. The molecular formula is C40H38N6O4. The minimum absolute atomic E-state index is 0.0543. The monoisotopic (exact) mass is 666 g/mol. The van der Waals surface area contributed by atoms with E-state index in [2.05, 4.69) is 9.97 Å². The van der Waals surface area contributed by atoms with Gasteiger partial charge in [-0.05, 0) is 121 Å². The van der Waals surface area contributed by atoms with Gasteiger partial charge in [0.2, 0.25) is 11.8 Å². The fourth-order valence-electron chi connectivity index (χ4n) is 5.89. The van der Waals surface area contributed by atoms with Gasteiger partial charge in [-0.3, -0.25) is 0 Å². The second kappa shape index (κ2) is 14.4. The lowest BCUT2D eigenvalue weighted by Crippen LogP contribution is -2.15. The van der Waals surface area contributed by atoms with Crippen molar-refractivity contribution in [2.75, 3.05) is 22.9 Å². The SMILES string of the molecule is Nc1ccc(C2CCc3cc(Oc4ccc(N)cn4)ccc3O2)cc1.Nc1ccc(C2CCc3cc(Oc4ccc(N)cn4)ccc3O2)cc1. The number of aryl methyl sites for hydroxylation is 2. The number of fused-ring (bicyclic) bond motifs is 2. The topological polar surface area (TPSA) is 167 Å². The average molecular weight is 667 g/mol. The van der Waals surface area contributed by atoms with E-state index in [0.717, 1.165) is 82.3 Å². The summed E-state index contributed by atoms with van der Waals surface area (Å²) in [6, 6.07) is 34.5. The third kappa shape index (κ3) is 7.82. The predicted molar refractivity (Wildman–Crippen MR) is 195 cm³/mol. The van der Waals surface area contributed by atoms with Gasteiger partial charge in [0.1, 0.15) is 35.2 Å². The summed E-state index contributed by atoms with van der Waals surface area (Å²) >= 11 is 0. The molecule has 0 radical (unpaired) electrons. The van der Waals surface area contributed by atoms with Crippen molar-refractivity contribution < 1.29 is 18.9 Å². The first-order chi connectivity index (χ1) is 24.3. The van der Waals surface area contributed by atoms with Crippen molar-refractivity contribution in [3.8, 4) is 34.8 Å². The number of rotatable bonds is 6. The molecule has 50 heavy (non-hydrogen) atoms. The molecule has 2 atom stereocenters. The average Bonchev–Trinajstić information content (AvgIpc) is 3.14. The molecule has 2 unspecified atom stereocenters. The van der Waals surface area contributed by atoms with Crippen molar-refractivity contribution in [1.29, 1.82) is 0 Å². The van der Waals surface area contributed by atoms with E-state index in [4.69, 9.17) is 41.9 Å². The van der Waals surface area contributed by atoms with Gasteiger partial charge in [-0.25, -0.2) is 9.97 Å². The number of aromatic nitrogens is 2. The zero-order chi connectivity index (χ0) is 34.5. The molecule has 0 saturated carbocycles. The van der Waals surface area contributed by atoms with E-state index in [-0.39, 0.29) is 12.2 Å². The zero-order valence-corrected chi connectivity index (χ0v) is 27.4. The number of pyridine rings is 2. The van der Waals surface area contributed by atoms with Crippen molar-refractivity contribution in [2.24, 2.45) is 0 Å². The summed E-state index contributed by atoms with van der Waals surface area (Å²) in [5.74, 6) is 4.31. The molecule has 0 saturated heterocycles. The number of ether oxygens (including phenoxy) is 4. The smallest absolute Gasteiger partial charge is 0.219 e. The van der Waals surface area contributed by atoms with Crippen LogP contribution < -0.4 is 41.9 Å². The first-order valence-corrected chi connectivity index (χ1v) is 16.4. The highest BCUT2D eigenvalue weighted by atomic mass is 16.5. The predicted octanol–water partition coefficient (Wildman–Crippen LogP) is 8.21. The zero-order valence-electron chi connectivity index (χ0n) is 27.4. The third-order valence-corrected chi connectivity index (χ3v) is 8.53. The Hall–Kier alpha value is -6.42. The summed E-state index contributed by atoms with van der Waals surface area (Å²) < 4.78 is 23.9. The molecule has 8 N–H and O–H groups in total. The Morgan fingerprint density at radius 2 is 0.880 bits per heavy atom. The van der Waals surface area contributed by atoms with Gasteiger partial charge in [0.15, 0.2) is 0 Å². The molecule has 10 heteroatoms. The number of nitrogen functional groups attached to an aromatic ring is 4. The maximum absolute atomic E-state index is 6.15. The van der Waals surface area contributed by atoms with E-state index in [9.17, 15) is 0 Å². The van der Waals surface area contributed by atoms with Gasteiger partial charge in [0.05, 0.1) is 23.8 Å². The highest BCUT2D eigenvalue weighted by Gasteiger charge is 2.23. The van der Waals surface area contributed by atoms with Crippen molar-refractivity contribution >= 4 is 22.7 Å². The van der Waals surface area contributed by atoms with Gasteiger partial charge in [0, 0.05) is 23.5 Å². The van der Waals surface area contributed by atoms with Crippen LogP contribution in [0, 0.1) is 0 Å². The van der Waals surface area contributed by atoms with Gasteiger partial charge in [0.25, 0.3) is 0 Å². The van der Waals surface area contributed by atoms with E-state index < -0.39 is 0 Å². The van der Waals surface area contributed by atoms with Crippen LogP contribution in [0.1, 0.15) is 47.3 Å². The second-order valence-electron chi connectivity index (χ2n) is 12.2. The molecule has 8 rings (SSSR count). The molecule has 10 nitrogen and oxygen atoms in total. The van der Waals surface area contributed by atoms with Crippen LogP contribution in [0.4, 0.5) is 22.7 Å². The van der Waals surface area contributed by atoms with Crippen molar-refractivity contribution in [2.45, 2.75) is 37.9 Å². The second-order valence-corrected chi connectivity index (χ2v) is 12.2. The maximum atomic E-state index is 6.15. The number of benzene rings is 4. The highest BCUT2D eigenvalue weighted by Crippen LogP contribution is 2.39. The highest BCUT2D eigenvalue weighted by molar-refractivity contribution is 5.47. The Balaban J connectivity index is 0.000000157. The summed E-state index contributed by atoms with van der Waals surface area (Å²) in [4.78, 5) is 8.31. The van der Waals surface area contributed by atoms with Gasteiger partial charge < -0.3 is 41.9 Å². The van der Waals surface area contributed by atoms with Crippen LogP contribution in [0.5, 0.6) is 34.8 Å². The van der Waals surface area contributed by atoms with Crippen LogP contribution in [-0.4, -0.2) is 9.97 Å². The Kier molecular flexibility index (Phi) is 9.24. The van der Waals surface area contributed by atoms with Crippen LogP contribution in [0.2, 0.25) is 0 Å². The van der Waals surface area contributed by atoms with Crippen LogP contribution >= 0.6 is 0 Å². The lowest BCUT2D eigenvalue weighted by atomic mass is 9.97. The molecule has 2 aromatic heterocycles. The summed E-state index contributed by atoms with van der Waals surface area (Å²) in [6.07, 6.45) is 6.95. The standard InChI is InChI=1S/2C20H19N3O2/c2*21-15-4-1-13(2-5-15)18-8-3-14-11-17(7-9-19(14)25-18)24-20-10-6-16(22)12-23-20/h2*1-2,4-7,9-12,18H,3,8,21-22H2. The summed E-state index contributed by atoms with van der Waals surface area (Å²) in [6.45, 7) is 0. The van der Waals surface area contributed by atoms with E-state index >= 15 is 0 Å². The molecule has 0 aliphatic carbocycles. The number of hydrogen-bond donors (Lipinski definition) is 4. The number of hydrogen-bond acceptors (Lipinski definition) is 10. The molecule has 4 aromatic carbocycles. The Bertz CT molecular complexity index is 1900. The quantitative estimate of drug-likeness (QED) is 0.127. The van der Waals surface area contributed by atoms with Crippen LogP contribution in [0.25, 0.3) is 0 Å². The van der Waals surface area contributed by atoms with Gasteiger partial charge in [-0.1, -0.05) is 24.3 Å². The van der Waals surface area contributed by atoms with E-state index in [0.29, 0.717) is 23.1 Å². The lowest BCUT2D eigenvalue weighted by molar-refractivity contribution is 0.176. The molecule has 4 heterocycles. The van der Waals surface area contributed by atoms with Crippen molar-refractivity contribution in [3.05, 3.63) is 144 Å². The molecule has 6 aromatic rings. The van der Waals surface area contributed by atoms with Crippen LogP contribution in [0.15, 0.2) is 122 Å². The van der Waals surface area contributed by atoms with E-state index in [1.54, 1.807) is 36.7 Å². The third-order valence-electron chi connectivity index (χ3n) is 8.53. The normalized spacial score (nSPS) is 15.9. The number of anilines is 4. The minimum Gasteiger partial charge on any atom is -0.485 e. The first-order valence-electron chi connectivity index (χ1n) is 16.4. The molecule has 0 amide bonds. The molecule has 0 fully saturated rings. The minimum atomic E-state index is 0.0543. The van der Waals surface area contributed by atoms with Crippen LogP contribution in [-0.2, 0) is 12.8 Å². The summed E-state index contributed by atoms with van der Waals surface area (Å²) in [7, 11) is 0. The van der Waals surface area contributed by atoms with Crippen molar-refractivity contribution in [3.63, 3.8) is 0 Å². The van der Waals surface area contributed by atoms with E-state index in [1.165, 1.54) is 0 Å². The fourth-order valence-corrected chi connectivity index (χ4v) is 5.89. The number of nitrogens with zero attached hydrogens (tertiary/aromatic N) is 2.